The normalized spacial score (nSPS) is 12.7. The quantitative estimate of drug-likeness (QED) is 0.652. The third-order valence-corrected chi connectivity index (χ3v) is 3.96. The molecule has 0 aliphatic carbocycles. The van der Waals surface area contributed by atoms with Gasteiger partial charge >= 0.3 is 0 Å². The van der Waals surface area contributed by atoms with E-state index >= 15 is 0 Å². The van der Waals surface area contributed by atoms with E-state index in [1.807, 2.05) is 18.2 Å². The first-order valence-corrected chi connectivity index (χ1v) is 8.19. The first kappa shape index (κ1) is 15.7. The molecule has 1 aromatic heterocycles. The Morgan fingerprint density at radius 3 is 2.83 bits per heavy atom. The van der Waals surface area contributed by atoms with Gasteiger partial charge in [-0.2, -0.15) is 0 Å². The summed E-state index contributed by atoms with van der Waals surface area (Å²) in [6.07, 6.45) is 3.11. The molecule has 0 saturated carbocycles. The molecule has 23 heavy (non-hydrogen) atoms. The number of anilines is 1. The van der Waals surface area contributed by atoms with Crippen LogP contribution in [0.2, 0.25) is 0 Å². The van der Waals surface area contributed by atoms with E-state index < -0.39 is 0 Å². The lowest BCUT2D eigenvalue weighted by atomic mass is 10.2. The first-order chi connectivity index (χ1) is 11.2. The lowest BCUT2D eigenvalue weighted by molar-refractivity contribution is 0.171. The highest BCUT2D eigenvalue weighted by atomic mass is 32.1. The molecular formula is C17H21N3O2S. The fraction of sp³-hybridized carbons (Fsp3) is 0.353. The summed E-state index contributed by atoms with van der Waals surface area (Å²) in [6, 6.07) is 9.92. The van der Waals surface area contributed by atoms with Gasteiger partial charge in [-0.15, -0.1) is 0 Å². The molecule has 3 rings (SSSR count). The van der Waals surface area contributed by atoms with Gasteiger partial charge in [-0.3, -0.25) is 0 Å². The van der Waals surface area contributed by atoms with Crippen LogP contribution in [-0.4, -0.2) is 29.4 Å². The summed E-state index contributed by atoms with van der Waals surface area (Å²) in [6.45, 7) is 5.10. The number of hydrogen-bond donors (Lipinski definition) is 2. The van der Waals surface area contributed by atoms with E-state index in [0.29, 0.717) is 18.3 Å². The molecule has 0 radical (unpaired) electrons. The van der Waals surface area contributed by atoms with Gasteiger partial charge < -0.3 is 24.7 Å². The highest BCUT2D eigenvalue weighted by molar-refractivity contribution is 7.80. The first-order valence-electron chi connectivity index (χ1n) is 7.78. The average molecular weight is 331 g/mol. The zero-order valence-corrected chi connectivity index (χ0v) is 14.0. The fourth-order valence-electron chi connectivity index (χ4n) is 2.50. The van der Waals surface area contributed by atoms with Crippen molar-refractivity contribution in [3.8, 4) is 11.5 Å². The van der Waals surface area contributed by atoms with Crippen LogP contribution in [0, 0.1) is 6.92 Å². The molecule has 1 aromatic carbocycles. The van der Waals surface area contributed by atoms with Crippen molar-refractivity contribution in [2.45, 2.75) is 19.9 Å². The second kappa shape index (κ2) is 7.37. The molecule has 6 heteroatoms. The molecule has 0 spiro atoms. The van der Waals surface area contributed by atoms with Crippen LogP contribution in [0.5, 0.6) is 11.5 Å². The van der Waals surface area contributed by atoms with Gasteiger partial charge in [0.15, 0.2) is 16.6 Å². The highest BCUT2D eigenvalue weighted by Crippen LogP contribution is 2.32. The number of fused-ring (bicyclic) bond motifs is 1. The smallest absolute Gasteiger partial charge is 0.170 e. The number of hydrogen-bond acceptors (Lipinski definition) is 3. The number of benzene rings is 1. The lowest BCUT2D eigenvalue weighted by Crippen LogP contribution is -2.29. The van der Waals surface area contributed by atoms with Crippen molar-refractivity contribution in [1.82, 2.24) is 9.88 Å². The van der Waals surface area contributed by atoms with Gasteiger partial charge in [0, 0.05) is 36.7 Å². The van der Waals surface area contributed by atoms with Crippen LogP contribution in [0.1, 0.15) is 12.1 Å². The molecule has 2 N–H and O–H groups in total. The number of aryl methyl sites for hydroxylation is 2. The van der Waals surface area contributed by atoms with Gasteiger partial charge in [-0.1, -0.05) is 0 Å². The summed E-state index contributed by atoms with van der Waals surface area (Å²) in [5.41, 5.74) is 2.18. The maximum atomic E-state index is 5.57. The highest BCUT2D eigenvalue weighted by Gasteiger charge is 2.11. The molecular weight excluding hydrogens is 310 g/mol. The van der Waals surface area contributed by atoms with E-state index in [1.165, 1.54) is 5.69 Å². The molecule has 1 aliphatic rings. The molecule has 122 valence electrons. The minimum Gasteiger partial charge on any atom is -0.486 e. The summed E-state index contributed by atoms with van der Waals surface area (Å²) < 4.78 is 13.3. The Morgan fingerprint density at radius 2 is 2.04 bits per heavy atom. The SMILES string of the molecule is Cc1cccn1CCCNC(=S)Nc1ccc2c(c1)OCCO2. The summed E-state index contributed by atoms with van der Waals surface area (Å²) >= 11 is 5.33. The molecule has 2 heterocycles. The summed E-state index contributed by atoms with van der Waals surface area (Å²) in [4.78, 5) is 0. The van der Waals surface area contributed by atoms with Crippen molar-refractivity contribution in [1.29, 1.82) is 0 Å². The van der Waals surface area contributed by atoms with E-state index in [-0.39, 0.29) is 0 Å². The summed E-state index contributed by atoms with van der Waals surface area (Å²) in [5.74, 6) is 1.54. The van der Waals surface area contributed by atoms with Gasteiger partial charge in [-0.05, 0) is 49.8 Å². The lowest BCUT2D eigenvalue weighted by Gasteiger charge is -2.19. The fourth-order valence-corrected chi connectivity index (χ4v) is 2.72. The maximum absolute atomic E-state index is 5.57. The Balaban J connectivity index is 1.43. The average Bonchev–Trinajstić information content (AvgIpc) is 2.97. The molecule has 0 fully saturated rings. The Kier molecular flexibility index (Phi) is 5.02. The molecule has 2 aromatic rings. The van der Waals surface area contributed by atoms with E-state index in [9.17, 15) is 0 Å². The van der Waals surface area contributed by atoms with E-state index in [4.69, 9.17) is 21.7 Å². The molecule has 0 saturated heterocycles. The van der Waals surface area contributed by atoms with Gasteiger partial charge in [0.05, 0.1) is 0 Å². The Hall–Kier alpha value is -2.21. The zero-order chi connectivity index (χ0) is 16.1. The Morgan fingerprint density at radius 1 is 1.22 bits per heavy atom. The predicted octanol–water partition coefficient (Wildman–Crippen LogP) is 2.94. The largest absolute Gasteiger partial charge is 0.486 e. The summed E-state index contributed by atoms with van der Waals surface area (Å²) in [7, 11) is 0. The Bertz CT molecular complexity index is 684. The Labute approximate surface area is 141 Å². The second-order valence-electron chi connectivity index (χ2n) is 5.44. The van der Waals surface area contributed by atoms with Crippen LogP contribution in [0.4, 0.5) is 5.69 Å². The van der Waals surface area contributed by atoms with E-state index in [2.05, 4.69) is 40.5 Å². The minimum absolute atomic E-state index is 0.581. The van der Waals surface area contributed by atoms with Crippen molar-refractivity contribution < 1.29 is 9.47 Å². The van der Waals surface area contributed by atoms with Crippen LogP contribution in [0.25, 0.3) is 0 Å². The van der Waals surface area contributed by atoms with Gasteiger partial charge in [-0.25, -0.2) is 0 Å². The number of aromatic nitrogens is 1. The van der Waals surface area contributed by atoms with Crippen molar-refractivity contribution in [3.63, 3.8) is 0 Å². The van der Waals surface area contributed by atoms with Gasteiger partial charge in [0.2, 0.25) is 0 Å². The van der Waals surface area contributed by atoms with Crippen molar-refractivity contribution in [2.75, 3.05) is 25.1 Å². The monoisotopic (exact) mass is 331 g/mol. The van der Waals surface area contributed by atoms with Crippen LogP contribution in [0.3, 0.4) is 0 Å². The van der Waals surface area contributed by atoms with Gasteiger partial charge in [0.1, 0.15) is 13.2 Å². The third-order valence-electron chi connectivity index (χ3n) is 3.72. The molecule has 0 amide bonds. The van der Waals surface area contributed by atoms with Crippen LogP contribution < -0.4 is 20.1 Å². The molecule has 0 unspecified atom stereocenters. The van der Waals surface area contributed by atoms with Crippen LogP contribution in [0.15, 0.2) is 36.5 Å². The molecule has 0 bridgehead atoms. The predicted molar refractivity (Wildman–Crippen MR) is 95.4 cm³/mol. The topological polar surface area (TPSA) is 47.5 Å². The van der Waals surface area contributed by atoms with Crippen molar-refractivity contribution in [2.24, 2.45) is 0 Å². The standard InChI is InChI=1S/C17H21N3O2S/c1-13-4-2-8-20(13)9-3-7-18-17(23)19-14-5-6-15-16(12-14)22-11-10-21-15/h2,4-6,8,12H,3,7,9-11H2,1H3,(H2,18,19,23). The van der Waals surface area contributed by atoms with E-state index in [0.717, 1.165) is 36.7 Å². The number of nitrogens with zero attached hydrogens (tertiary/aromatic N) is 1. The molecule has 0 atom stereocenters. The molecule has 5 nitrogen and oxygen atoms in total. The summed E-state index contributed by atoms with van der Waals surface area (Å²) in [5, 5.41) is 7.02. The number of nitrogens with one attached hydrogen (secondary N) is 2. The number of ether oxygens (including phenoxy) is 2. The van der Waals surface area contributed by atoms with Crippen molar-refractivity contribution in [3.05, 3.63) is 42.2 Å². The minimum atomic E-state index is 0.581. The maximum Gasteiger partial charge on any atom is 0.170 e. The van der Waals surface area contributed by atoms with Crippen molar-refractivity contribution >= 4 is 23.0 Å². The second-order valence-corrected chi connectivity index (χ2v) is 5.84. The molecule has 1 aliphatic heterocycles. The van der Waals surface area contributed by atoms with Gasteiger partial charge in [0.25, 0.3) is 0 Å². The van der Waals surface area contributed by atoms with E-state index in [1.54, 1.807) is 0 Å². The zero-order valence-electron chi connectivity index (χ0n) is 13.2. The number of rotatable bonds is 5. The van der Waals surface area contributed by atoms with Crippen LogP contribution >= 0.6 is 12.2 Å². The third kappa shape index (κ3) is 4.16. The van der Waals surface area contributed by atoms with Crippen LogP contribution in [-0.2, 0) is 6.54 Å². The number of thiocarbonyl (C=S) groups is 1.